The van der Waals surface area contributed by atoms with Gasteiger partial charge in [-0.05, 0) is 18.1 Å². The lowest BCUT2D eigenvalue weighted by Crippen LogP contribution is -2.41. The van der Waals surface area contributed by atoms with Crippen LogP contribution in [-0.2, 0) is 13.2 Å². The third-order valence-corrected chi connectivity index (χ3v) is 4.93. The van der Waals surface area contributed by atoms with Gasteiger partial charge in [-0.15, -0.1) is 24.0 Å². The number of ether oxygens (including phenoxy) is 1. The largest absolute Gasteiger partial charge is 0.475 e. The zero-order chi connectivity index (χ0) is 21.0. The molecule has 1 atom stereocenters. The van der Waals surface area contributed by atoms with Crippen LogP contribution in [0.2, 0.25) is 5.02 Å². The summed E-state index contributed by atoms with van der Waals surface area (Å²) in [6.07, 6.45) is 1.13. The van der Waals surface area contributed by atoms with Crippen LogP contribution in [0, 0.1) is 0 Å². The molecule has 0 aliphatic carbocycles. The number of aryl methyl sites for hydroxylation is 1. The zero-order valence-electron chi connectivity index (χ0n) is 16.5. The van der Waals surface area contributed by atoms with Gasteiger partial charge in [0.25, 0.3) is 0 Å². The van der Waals surface area contributed by atoms with Gasteiger partial charge < -0.3 is 15.0 Å². The Hall–Kier alpha value is -1.76. The number of aliphatic imine (C=N–C) groups is 1. The lowest BCUT2D eigenvalue weighted by molar-refractivity contribution is -0.137. The van der Waals surface area contributed by atoms with Crippen molar-refractivity contribution in [3.63, 3.8) is 0 Å². The van der Waals surface area contributed by atoms with Crippen LogP contribution < -0.4 is 10.1 Å². The summed E-state index contributed by atoms with van der Waals surface area (Å²) in [6, 6.07) is 0.805. The van der Waals surface area contributed by atoms with Crippen LogP contribution in [0.5, 0.6) is 5.88 Å². The Morgan fingerprint density at radius 3 is 2.77 bits per heavy atom. The van der Waals surface area contributed by atoms with Crippen LogP contribution in [0.15, 0.2) is 29.6 Å². The molecule has 7 nitrogen and oxygen atoms in total. The summed E-state index contributed by atoms with van der Waals surface area (Å²) in [4.78, 5) is 10.1. The third kappa shape index (κ3) is 6.13. The molecule has 2 aromatic rings. The van der Waals surface area contributed by atoms with Crippen LogP contribution in [0.4, 0.5) is 13.2 Å². The minimum atomic E-state index is -4.49. The van der Waals surface area contributed by atoms with Crippen molar-refractivity contribution in [2.24, 2.45) is 12.0 Å². The minimum absolute atomic E-state index is 0. The molecule has 166 valence electrons. The van der Waals surface area contributed by atoms with Gasteiger partial charge in [0.1, 0.15) is 11.6 Å². The van der Waals surface area contributed by atoms with Gasteiger partial charge in [-0.2, -0.15) is 18.3 Å². The van der Waals surface area contributed by atoms with Crippen LogP contribution >= 0.6 is 35.6 Å². The van der Waals surface area contributed by atoms with E-state index in [0.717, 1.165) is 31.5 Å². The van der Waals surface area contributed by atoms with Crippen LogP contribution in [-0.4, -0.2) is 58.9 Å². The van der Waals surface area contributed by atoms with Gasteiger partial charge in [-0.3, -0.25) is 9.67 Å². The second-order valence-corrected chi connectivity index (χ2v) is 7.12. The van der Waals surface area contributed by atoms with Crippen molar-refractivity contribution in [3.8, 4) is 5.88 Å². The second-order valence-electron chi connectivity index (χ2n) is 6.71. The van der Waals surface area contributed by atoms with Crippen molar-refractivity contribution in [1.82, 2.24) is 25.0 Å². The van der Waals surface area contributed by atoms with Crippen molar-refractivity contribution < 1.29 is 17.9 Å². The number of guanidine groups is 1. The molecule has 1 aliphatic rings. The second kappa shape index (κ2) is 10.5. The minimum Gasteiger partial charge on any atom is -0.475 e. The quantitative estimate of drug-likeness (QED) is 0.263. The summed E-state index contributed by atoms with van der Waals surface area (Å²) in [5, 5.41) is 7.24. The number of rotatable bonds is 5. The molecule has 3 rings (SSSR count). The molecule has 1 unspecified atom stereocenters. The normalized spacial score (nSPS) is 17.1. The summed E-state index contributed by atoms with van der Waals surface area (Å²) in [5.74, 6) is 1.11. The highest BCUT2D eigenvalue weighted by Crippen LogP contribution is 2.33. The Kier molecular flexibility index (Phi) is 8.59. The first-order chi connectivity index (χ1) is 13.8. The van der Waals surface area contributed by atoms with Gasteiger partial charge in [0.05, 0.1) is 18.3 Å². The molecular weight excluding hydrogens is 536 g/mol. The van der Waals surface area contributed by atoms with E-state index >= 15 is 0 Å². The summed E-state index contributed by atoms with van der Waals surface area (Å²) in [5.41, 5.74) is 0.294. The fourth-order valence-electron chi connectivity index (χ4n) is 3.21. The Morgan fingerprint density at radius 1 is 1.40 bits per heavy atom. The Labute approximate surface area is 194 Å². The molecule has 1 aliphatic heterocycles. The van der Waals surface area contributed by atoms with Gasteiger partial charge in [0.2, 0.25) is 5.88 Å². The van der Waals surface area contributed by atoms with Gasteiger partial charge in [0, 0.05) is 45.5 Å². The molecule has 0 amide bonds. The molecule has 0 saturated carbocycles. The van der Waals surface area contributed by atoms with Crippen LogP contribution in [0.1, 0.15) is 23.5 Å². The predicted octanol–water partition coefficient (Wildman–Crippen LogP) is 3.55. The highest BCUT2D eigenvalue weighted by Gasteiger charge is 2.32. The molecular formula is C18H23ClF3IN6O. The number of likely N-dealkylation sites (tertiary alicyclic amines) is 1. The number of halogens is 5. The SMILES string of the molecule is CN=C(NCCOc1ncc(C(F)(F)F)cc1Cl)N1CCC(c2cnn(C)c2)C1.I. The van der Waals surface area contributed by atoms with E-state index in [9.17, 15) is 13.2 Å². The molecule has 1 saturated heterocycles. The van der Waals surface area contributed by atoms with E-state index in [-0.39, 0.29) is 41.5 Å². The molecule has 12 heteroatoms. The van der Waals surface area contributed by atoms with Crippen molar-refractivity contribution in [3.05, 3.63) is 40.8 Å². The van der Waals surface area contributed by atoms with Gasteiger partial charge in [-0.25, -0.2) is 4.98 Å². The van der Waals surface area contributed by atoms with E-state index < -0.39 is 11.7 Å². The smallest absolute Gasteiger partial charge is 0.417 e. The molecule has 2 aromatic heterocycles. The summed E-state index contributed by atoms with van der Waals surface area (Å²) in [6.45, 7) is 2.28. The van der Waals surface area contributed by atoms with Gasteiger partial charge in [0.15, 0.2) is 5.96 Å². The summed E-state index contributed by atoms with van der Waals surface area (Å²) >= 11 is 5.84. The van der Waals surface area contributed by atoms with Crippen LogP contribution in [0.25, 0.3) is 0 Å². The molecule has 0 radical (unpaired) electrons. The van der Waals surface area contributed by atoms with Crippen molar-refractivity contribution >= 4 is 41.5 Å². The highest BCUT2D eigenvalue weighted by atomic mass is 127. The maximum atomic E-state index is 12.6. The lowest BCUT2D eigenvalue weighted by atomic mass is 10.0. The predicted molar refractivity (Wildman–Crippen MR) is 119 cm³/mol. The molecule has 3 heterocycles. The lowest BCUT2D eigenvalue weighted by Gasteiger charge is -2.21. The van der Waals surface area contributed by atoms with Crippen LogP contribution in [0.3, 0.4) is 0 Å². The topological polar surface area (TPSA) is 67.6 Å². The first-order valence-corrected chi connectivity index (χ1v) is 9.45. The van der Waals surface area contributed by atoms with E-state index in [4.69, 9.17) is 16.3 Å². The van der Waals surface area contributed by atoms with E-state index in [0.29, 0.717) is 18.7 Å². The van der Waals surface area contributed by atoms with Gasteiger partial charge in [-0.1, -0.05) is 11.6 Å². The van der Waals surface area contributed by atoms with Crippen molar-refractivity contribution in [2.75, 3.05) is 33.3 Å². The molecule has 0 bridgehead atoms. The van der Waals surface area contributed by atoms with Gasteiger partial charge >= 0.3 is 6.18 Å². The monoisotopic (exact) mass is 558 g/mol. The number of pyridine rings is 1. The molecule has 30 heavy (non-hydrogen) atoms. The standard InChI is InChI=1S/C18H22ClF3N6O.HI/c1-23-17(28-5-3-12(11-28)13-8-26-27(2)10-13)24-4-6-29-16-15(19)7-14(9-25-16)18(20,21)22;/h7-10,12H,3-6,11H2,1-2H3,(H,23,24);1H. The molecule has 0 spiro atoms. The van der Waals surface area contributed by atoms with Crippen molar-refractivity contribution in [1.29, 1.82) is 0 Å². The van der Waals surface area contributed by atoms with E-state index in [1.807, 2.05) is 19.4 Å². The fourth-order valence-corrected chi connectivity index (χ4v) is 3.43. The highest BCUT2D eigenvalue weighted by molar-refractivity contribution is 14.0. The number of alkyl halides is 3. The number of nitrogens with zero attached hydrogens (tertiary/aromatic N) is 5. The first-order valence-electron chi connectivity index (χ1n) is 9.07. The number of aromatic nitrogens is 3. The Bertz CT molecular complexity index is 876. The first kappa shape index (κ1) is 24.5. The summed E-state index contributed by atoms with van der Waals surface area (Å²) < 4.78 is 45.1. The van der Waals surface area contributed by atoms with Crippen molar-refractivity contribution in [2.45, 2.75) is 18.5 Å². The zero-order valence-corrected chi connectivity index (χ0v) is 19.6. The average Bonchev–Trinajstić information content (AvgIpc) is 3.31. The number of hydrogen-bond acceptors (Lipinski definition) is 4. The number of hydrogen-bond donors (Lipinski definition) is 1. The summed E-state index contributed by atoms with van der Waals surface area (Å²) in [7, 11) is 3.60. The van der Waals surface area contributed by atoms with E-state index in [1.165, 1.54) is 5.56 Å². The van der Waals surface area contributed by atoms with E-state index in [2.05, 4.69) is 25.3 Å². The average molecular weight is 559 g/mol. The van der Waals surface area contributed by atoms with E-state index in [1.54, 1.807) is 11.7 Å². The Balaban J connectivity index is 0.00000320. The maximum absolute atomic E-state index is 12.6. The molecule has 0 aromatic carbocycles. The molecule has 1 N–H and O–H groups in total. The fraction of sp³-hybridized carbons (Fsp3) is 0.500. The Morgan fingerprint density at radius 2 is 2.17 bits per heavy atom. The maximum Gasteiger partial charge on any atom is 0.417 e. The third-order valence-electron chi connectivity index (χ3n) is 4.65. The number of nitrogens with one attached hydrogen (secondary N) is 1. The molecule has 1 fully saturated rings.